The molecule has 0 fully saturated rings. The van der Waals surface area contributed by atoms with Crippen LogP contribution in [0.5, 0.6) is 0 Å². The summed E-state index contributed by atoms with van der Waals surface area (Å²) in [5.41, 5.74) is 4.90. The lowest BCUT2D eigenvalue weighted by atomic mass is 10.2. The molecule has 0 unspecified atom stereocenters. The number of primary amides is 1. The monoisotopic (exact) mass is 315 g/mol. The highest BCUT2D eigenvalue weighted by Crippen LogP contribution is 2.21. The van der Waals surface area contributed by atoms with E-state index < -0.39 is 17.9 Å². The zero-order valence-electron chi connectivity index (χ0n) is 9.07. The maximum Gasteiger partial charge on any atom is 0.337 e. The Morgan fingerprint density at radius 1 is 1.33 bits per heavy atom. The second kappa shape index (κ2) is 6.01. The third kappa shape index (κ3) is 4.06. The Labute approximate surface area is 110 Å². The predicted octanol–water partition coefficient (Wildman–Crippen LogP) is 0.754. The van der Waals surface area contributed by atoms with Gasteiger partial charge in [0.05, 0.1) is 17.8 Å². The summed E-state index contributed by atoms with van der Waals surface area (Å²) >= 11 is 3.16. The molecule has 18 heavy (non-hydrogen) atoms. The van der Waals surface area contributed by atoms with Crippen molar-refractivity contribution >= 4 is 39.5 Å². The number of carbonyl (C=O) groups excluding carboxylic acids is 2. The molecular weight excluding hydrogens is 306 g/mol. The fraction of sp³-hybridized carbons (Fsp3) is 0.100. The Kier molecular flexibility index (Phi) is 4.67. The summed E-state index contributed by atoms with van der Waals surface area (Å²) in [7, 11) is 0. The molecule has 96 valence electrons. The van der Waals surface area contributed by atoms with E-state index in [4.69, 9.17) is 10.8 Å². The fourth-order valence-corrected chi connectivity index (χ4v) is 1.50. The number of hydrogen-bond acceptors (Lipinski definition) is 3. The number of carboxylic acid groups (broad SMARTS) is 1. The number of nitrogens with two attached hydrogens (primary N) is 1. The Morgan fingerprint density at radius 3 is 2.56 bits per heavy atom. The molecule has 0 aromatic heterocycles. The Bertz CT molecular complexity index is 504. The molecule has 7 nitrogen and oxygen atoms in total. The van der Waals surface area contributed by atoms with Gasteiger partial charge >= 0.3 is 12.0 Å². The standard InChI is InChI=1S/C10H10BrN3O4/c11-5-1-2-6(9(16)17)7(3-5)14-10(18)13-4-8(12)15/h1-3H,4H2,(H2,12,15)(H,16,17)(H2,13,14,18). The number of aromatic carboxylic acids is 1. The highest BCUT2D eigenvalue weighted by atomic mass is 79.9. The fourth-order valence-electron chi connectivity index (χ4n) is 1.14. The first-order valence-electron chi connectivity index (χ1n) is 4.76. The number of amides is 3. The number of nitrogens with one attached hydrogen (secondary N) is 2. The van der Waals surface area contributed by atoms with Crippen molar-refractivity contribution in [3.8, 4) is 0 Å². The number of rotatable bonds is 4. The third-order valence-electron chi connectivity index (χ3n) is 1.88. The SMILES string of the molecule is NC(=O)CNC(=O)Nc1cc(Br)ccc1C(=O)O. The van der Waals surface area contributed by atoms with Crippen molar-refractivity contribution in [3.63, 3.8) is 0 Å². The topological polar surface area (TPSA) is 122 Å². The number of benzene rings is 1. The van der Waals surface area contributed by atoms with Crippen LogP contribution in [-0.4, -0.2) is 29.6 Å². The van der Waals surface area contributed by atoms with E-state index in [1.54, 1.807) is 0 Å². The van der Waals surface area contributed by atoms with Crippen LogP contribution < -0.4 is 16.4 Å². The van der Waals surface area contributed by atoms with Crippen LogP contribution in [0.25, 0.3) is 0 Å². The molecule has 0 saturated heterocycles. The number of carbonyl (C=O) groups is 3. The van der Waals surface area contributed by atoms with Gasteiger partial charge < -0.3 is 21.5 Å². The maximum absolute atomic E-state index is 11.4. The molecule has 0 atom stereocenters. The zero-order chi connectivity index (χ0) is 13.7. The van der Waals surface area contributed by atoms with Crippen LogP contribution >= 0.6 is 15.9 Å². The minimum Gasteiger partial charge on any atom is -0.478 e. The minimum atomic E-state index is -1.17. The lowest BCUT2D eigenvalue weighted by Gasteiger charge is -2.09. The quantitative estimate of drug-likeness (QED) is 0.655. The molecule has 0 aliphatic carbocycles. The van der Waals surface area contributed by atoms with Gasteiger partial charge in [-0.05, 0) is 18.2 Å². The van der Waals surface area contributed by atoms with E-state index in [9.17, 15) is 14.4 Å². The van der Waals surface area contributed by atoms with Gasteiger partial charge in [-0.1, -0.05) is 15.9 Å². The van der Waals surface area contributed by atoms with Gasteiger partial charge in [-0.2, -0.15) is 0 Å². The Morgan fingerprint density at radius 2 is 2.00 bits per heavy atom. The molecule has 0 saturated carbocycles. The van der Waals surface area contributed by atoms with Crippen molar-refractivity contribution < 1.29 is 19.5 Å². The summed E-state index contributed by atoms with van der Waals surface area (Å²) in [6.45, 7) is -0.331. The van der Waals surface area contributed by atoms with Crippen molar-refractivity contribution in [3.05, 3.63) is 28.2 Å². The lowest BCUT2D eigenvalue weighted by Crippen LogP contribution is -2.36. The maximum atomic E-state index is 11.4. The van der Waals surface area contributed by atoms with Gasteiger partial charge in [-0.25, -0.2) is 9.59 Å². The lowest BCUT2D eigenvalue weighted by molar-refractivity contribution is -0.117. The summed E-state index contributed by atoms with van der Waals surface area (Å²) in [6.07, 6.45) is 0. The van der Waals surface area contributed by atoms with Crippen molar-refractivity contribution in [2.24, 2.45) is 5.73 Å². The van der Waals surface area contributed by atoms with E-state index in [1.807, 2.05) is 0 Å². The molecule has 1 aromatic rings. The average Bonchev–Trinajstić information content (AvgIpc) is 2.26. The first-order chi connectivity index (χ1) is 8.40. The van der Waals surface area contributed by atoms with E-state index in [0.717, 1.165) is 0 Å². The smallest absolute Gasteiger partial charge is 0.337 e. The van der Waals surface area contributed by atoms with Crippen molar-refractivity contribution in [1.82, 2.24) is 5.32 Å². The summed E-state index contributed by atoms with van der Waals surface area (Å²) < 4.78 is 0.609. The summed E-state index contributed by atoms with van der Waals surface area (Å²) in [6, 6.07) is 3.61. The van der Waals surface area contributed by atoms with Gasteiger partial charge in [0.1, 0.15) is 0 Å². The van der Waals surface area contributed by atoms with E-state index in [0.29, 0.717) is 4.47 Å². The van der Waals surface area contributed by atoms with Gasteiger partial charge in [0.15, 0.2) is 0 Å². The van der Waals surface area contributed by atoms with Crippen LogP contribution in [-0.2, 0) is 4.79 Å². The van der Waals surface area contributed by atoms with Crippen LogP contribution in [0, 0.1) is 0 Å². The molecule has 0 spiro atoms. The molecule has 0 aliphatic heterocycles. The molecular formula is C10H10BrN3O4. The first kappa shape index (κ1) is 14.0. The molecule has 0 aliphatic rings. The van der Waals surface area contributed by atoms with Gasteiger partial charge in [0.25, 0.3) is 0 Å². The second-order valence-electron chi connectivity index (χ2n) is 3.27. The van der Waals surface area contributed by atoms with Crippen molar-refractivity contribution in [2.75, 3.05) is 11.9 Å². The van der Waals surface area contributed by atoms with Gasteiger partial charge in [0, 0.05) is 4.47 Å². The summed E-state index contributed by atoms with van der Waals surface area (Å²) in [5.74, 6) is -1.87. The van der Waals surface area contributed by atoms with Crippen LogP contribution in [0.1, 0.15) is 10.4 Å². The van der Waals surface area contributed by atoms with Crippen LogP contribution in [0.3, 0.4) is 0 Å². The van der Waals surface area contributed by atoms with Crippen LogP contribution in [0.2, 0.25) is 0 Å². The number of hydrogen-bond donors (Lipinski definition) is 4. The normalized spacial score (nSPS) is 9.61. The molecule has 1 aromatic carbocycles. The average molecular weight is 316 g/mol. The van der Waals surface area contributed by atoms with Gasteiger partial charge in [0.2, 0.25) is 5.91 Å². The van der Waals surface area contributed by atoms with Crippen molar-refractivity contribution in [1.29, 1.82) is 0 Å². The van der Waals surface area contributed by atoms with E-state index in [1.165, 1.54) is 18.2 Å². The van der Waals surface area contributed by atoms with E-state index >= 15 is 0 Å². The van der Waals surface area contributed by atoms with Crippen molar-refractivity contribution in [2.45, 2.75) is 0 Å². The van der Waals surface area contributed by atoms with Gasteiger partial charge in [-0.3, -0.25) is 4.79 Å². The molecule has 8 heteroatoms. The van der Waals surface area contributed by atoms with E-state index in [-0.39, 0.29) is 17.8 Å². The molecule has 3 amide bonds. The second-order valence-corrected chi connectivity index (χ2v) is 4.18. The molecule has 1 rings (SSSR count). The molecule has 0 heterocycles. The number of anilines is 1. The number of carboxylic acids is 1. The molecule has 0 radical (unpaired) electrons. The minimum absolute atomic E-state index is 0.0626. The zero-order valence-corrected chi connectivity index (χ0v) is 10.7. The Hall–Kier alpha value is -2.09. The third-order valence-corrected chi connectivity index (χ3v) is 2.38. The van der Waals surface area contributed by atoms with Crippen LogP contribution in [0.4, 0.5) is 10.5 Å². The molecule has 0 bridgehead atoms. The van der Waals surface area contributed by atoms with E-state index in [2.05, 4.69) is 26.6 Å². The number of halogens is 1. The highest BCUT2D eigenvalue weighted by Gasteiger charge is 2.12. The summed E-state index contributed by atoms with van der Waals surface area (Å²) in [4.78, 5) is 32.7. The summed E-state index contributed by atoms with van der Waals surface area (Å²) in [5, 5.41) is 13.4. The first-order valence-corrected chi connectivity index (χ1v) is 5.55. The van der Waals surface area contributed by atoms with Crippen LogP contribution in [0.15, 0.2) is 22.7 Å². The molecule has 5 N–H and O–H groups in total. The van der Waals surface area contributed by atoms with Gasteiger partial charge in [-0.15, -0.1) is 0 Å². The largest absolute Gasteiger partial charge is 0.478 e. The Balaban J connectivity index is 2.82. The highest BCUT2D eigenvalue weighted by molar-refractivity contribution is 9.10. The predicted molar refractivity (Wildman–Crippen MR) is 67.3 cm³/mol. The number of urea groups is 1.